The number of amides is 1. The van der Waals surface area contributed by atoms with Gasteiger partial charge in [0.1, 0.15) is 0 Å². The molecule has 0 bridgehead atoms. The zero-order valence-electron chi connectivity index (χ0n) is 12.5. The van der Waals surface area contributed by atoms with Crippen LogP contribution in [0.2, 0.25) is 0 Å². The Bertz CT molecular complexity index is 492. The van der Waals surface area contributed by atoms with E-state index in [4.69, 9.17) is 6.42 Å². The van der Waals surface area contributed by atoms with Crippen LogP contribution in [-0.4, -0.2) is 45.4 Å². The SMILES string of the molecule is C#CCC(=O)N(CC)CC/C=C(/SCSC)c1ccn[nH]1. The number of carbonyl (C=O) groups is 1. The molecular formula is C15H21N3OS2. The third-order valence-corrected chi connectivity index (χ3v) is 4.93. The molecule has 114 valence electrons. The summed E-state index contributed by atoms with van der Waals surface area (Å²) in [5.74, 6) is 2.43. The second-order valence-corrected chi connectivity index (χ2v) is 6.48. The molecule has 0 aliphatic carbocycles. The molecule has 0 unspecified atom stereocenters. The molecule has 0 radical (unpaired) electrons. The van der Waals surface area contributed by atoms with Crippen LogP contribution < -0.4 is 0 Å². The van der Waals surface area contributed by atoms with Crippen LogP contribution in [0.15, 0.2) is 18.3 Å². The normalized spacial score (nSPS) is 11.2. The molecule has 4 nitrogen and oxygen atoms in total. The first-order valence-corrected chi connectivity index (χ1v) is 9.13. The van der Waals surface area contributed by atoms with Crippen molar-refractivity contribution >= 4 is 34.3 Å². The number of hydrogen-bond acceptors (Lipinski definition) is 4. The van der Waals surface area contributed by atoms with Crippen LogP contribution in [0.4, 0.5) is 0 Å². The number of thioether (sulfide) groups is 2. The lowest BCUT2D eigenvalue weighted by atomic mass is 10.3. The summed E-state index contributed by atoms with van der Waals surface area (Å²) in [5.41, 5.74) is 1.02. The highest BCUT2D eigenvalue weighted by molar-refractivity contribution is 8.20. The summed E-state index contributed by atoms with van der Waals surface area (Å²) >= 11 is 3.56. The molecule has 6 heteroatoms. The van der Waals surface area contributed by atoms with E-state index in [0.717, 1.165) is 17.2 Å². The number of aromatic amines is 1. The molecule has 1 heterocycles. The van der Waals surface area contributed by atoms with Crippen LogP contribution in [0.3, 0.4) is 0 Å². The summed E-state index contributed by atoms with van der Waals surface area (Å²) < 4.78 is 0. The fourth-order valence-corrected chi connectivity index (χ4v) is 3.26. The lowest BCUT2D eigenvalue weighted by Crippen LogP contribution is -2.31. The Labute approximate surface area is 135 Å². The largest absolute Gasteiger partial charge is 0.342 e. The minimum absolute atomic E-state index is 0.0215. The second-order valence-electron chi connectivity index (χ2n) is 4.23. The van der Waals surface area contributed by atoms with Crippen molar-refractivity contribution in [3.63, 3.8) is 0 Å². The molecule has 0 saturated carbocycles. The minimum Gasteiger partial charge on any atom is -0.342 e. The lowest BCUT2D eigenvalue weighted by molar-refractivity contribution is -0.129. The lowest BCUT2D eigenvalue weighted by Gasteiger charge is -2.19. The Morgan fingerprint density at radius 2 is 2.43 bits per heavy atom. The number of hydrogen-bond donors (Lipinski definition) is 1. The highest BCUT2D eigenvalue weighted by atomic mass is 32.2. The highest BCUT2D eigenvalue weighted by Crippen LogP contribution is 2.28. The van der Waals surface area contributed by atoms with Gasteiger partial charge in [-0.3, -0.25) is 9.89 Å². The van der Waals surface area contributed by atoms with Gasteiger partial charge in [-0.25, -0.2) is 0 Å². The van der Waals surface area contributed by atoms with Gasteiger partial charge >= 0.3 is 0 Å². The summed E-state index contributed by atoms with van der Waals surface area (Å²) in [6.07, 6.45) is 12.1. The van der Waals surface area contributed by atoms with Crippen molar-refractivity contribution in [3.05, 3.63) is 24.0 Å². The maximum Gasteiger partial charge on any atom is 0.234 e. The van der Waals surface area contributed by atoms with Gasteiger partial charge in [-0.15, -0.1) is 18.2 Å². The van der Waals surface area contributed by atoms with Gasteiger partial charge in [0.2, 0.25) is 5.91 Å². The van der Waals surface area contributed by atoms with Gasteiger partial charge < -0.3 is 4.90 Å². The molecule has 1 aromatic heterocycles. The second kappa shape index (κ2) is 10.4. The average molecular weight is 323 g/mol. The van der Waals surface area contributed by atoms with Crippen LogP contribution in [0, 0.1) is 12.3 Å². The molecule has 1 rings (SSSR count). The van der Waals surface area contributed by atoms with Crippen LogP contribution in [-0.2, 0) is 4.79 Å². The van der Waals surface area contributed by atoms with Crippen molar-refractivity contribution in [2.24, 2.45) is 0 Å². The maximum absolute atomic E-state index is 11.8. The van der Waals surface area contributed by atoms with Gasteiger partial charge in [0.15, 0.2) is 0 Å². The summed E-state index contributed by atoms with van der Waals surface area (Å²) in [4.78, 5) is 14.7. The van der Waals surface area contributed by atoms with Crippen molar-refractivity contribution in [1.82, 2.24) is 15.1 Å². The number of terminal acetylenes is 1. The van der Waals surface area contributed by atoms with E-state index in [0.29, 0.717) is 13.1 Å². The fraction of sp³-hybridized carbons (Fsp3) is 0.467. The van der Waals surface area contributed by atoms with Crippen LogP contribution in [0.1, 0.15) is 25.5 Å². The maximum atomic E-state index is 11.8. The zero-order valence-corrected chi connectivity index (χ0v) is 14.1. The first kappa shape index (κ1) is 17.7. The monoisotopic (exact) mass is 323 g/mol. The van der Waals surface area contributed by atoms with Gasteiger partial charge in [0.25, 0.3) is 0 Å². The molecule has 0 spiro atoms. The molecule has 0 aliphatic rings. The van der Waals surface area contributed by atoms with E-state index < -0.39 is 0 Å². The van der Waals surface area contributed by atoms with E-state index in [2.05, 4.69) is 28.4 Å². The molecule has 21 heavy (non-hydrogen) atoms. The van der Waals surface area contributed by atoms with Crippen molar-refractivity contribution in [3.8, 4) is 12.3 Å². The topological polar surface area (TPSA) is 49.0 Å². The number of H-pyrrole nitrogens is 1. The fourth-order valence-electron chi connectivity index (χ4n) is 1.77. The molecule has 0 aliphatic heterocycles. The summed E-state index contributed by atoms with van der Waals surface area (Å²) in [6.45, 7) is 3.34. The number of carbonyl (C=O) groups excluding carboxylic acids is 1. The molecule has 0 aromatic carbocycles. The first-order valence-electron chi connectivity index (χ1n) is 6.75. The summed E-state index contributed by atoms with van der Waals surface area (Å²) in [7, 11) is 0. The van der Waals surface area contributed by atoms with Crippen LogP contribution in [0.5, 0.6) is 0 Å². The predicted molar refractivity (Wildman–Crippen MR) is 92.9 cm³/mol. The summed E-state index contributed by atoms with van der Waals surface area (Å²) in [6, 6.07) is 1.96. The van der Waals surface area contributed by atoms with Gasteiger partial charge in [-0.05, 0) is 25.7 Å². The summed E-state index contributed by atoms with van der Waals surface area (Å²) in [5, 5.41) is 7.96. The van der Waals surface area contributed by atoms with E-state index in [1.165, 1.54) is 4.91 Å². The molecule has 0 fully saturated rings. The molecular weight excluding hydrogens is 302 g/mol. The molecule has 0 atom stereocenters. The molecule has 1 aromatic rings. The Hall–Kier alpha value is -1.32. The molecule has 1 amide bonds. The van der Waals surface area contributed by atoms with Crippen LogP contribution >= 0.6 is 23.5 Å². The van der Waals surface area contributed by atoms with Gasteiger partial charge in [-0.1, -0.05) is 12.0 Å². The number of rotatable bonds is 9. The van der Waals surface area contributed by atoms with E-state index in [1.54, 1.807) is 34.6 Å². The number of aromatic nitrogens is 2. The Balaban J connectivity index is 2.61. The van der Waals surface area contributed by atoms with Crippen molar-refractivity contribution < 1.29 is 4.79 Å². The highest BCUT2D eigenvalue weighted by Gasteiger charge is 2.09. The van der Waals surface area contributed by atoms with E-state index in [1.807, 2.05) is 13.0 Å². The number of nitrogens with zero attached hydrogens (tertiary/aromatic N) is 2. The minimum atomic E-state index is 0.0215. The first-order chi connectivity index (χ1) is 10.2. The van der Waals surface area contributed by atoms with Gasteiger partial charge in [-0.2, -0.15) is 16.9 Å². The van der Waals surface area contributed by atoms with Gasteiger partial charge in [0, 0.05) is 29.3 Å². The predicted octanol–water partition coefficient (Wildman–Crippen LogP) is 3.07. The van der Waals surface area contributed by atoms with Crippen LogP contribution in [0.25, 0.3) is 4.91 Å². The Morgan fingerprint density at radius 3 is 3.00 bits per heavy atom. The van der Waals surface area contributed by atoms with E-state index >= 15 is 0 Å². The van der Waals surface area contributed by atoms with E-state index in [9.17, 15) is 4.79 Å². The quantitative estimate of drug-likeness (QED) is 0.560. The molecule has 1 N–H and O–H groups in total. The zero-order chi connectivity index (χ0) is 15.5. The van der Waals surface area contributed by atoms with Crippen molar-refractivity contribution in [2.75, 3.05) is 24.4 Å². The third kappa shape index (κ3) is 6.32. The third-order valence-electron chi connectivity index (χ3n) is 2.81. The standard InChI is InChI=1S/C15H21N3OS2/c1-4-7-15(19)18(5-2)11-6-8-14(21-12-20-3)13-9-10-16-17-13/h1,8-10H,5-7,11-12H2,2-3H3,(H,16,17)/b14-8+. The number of nitrogens with one attached hydrogen (secondary N) is 1. The van der Waals surface area contributed by atoms with Crippen molar-refractivity contribution in [2.45, 2.75) is 19.8 Å². The van der Waals surface area contributed by atoms with Gasteiger partial charge in [0.05, 0.1) is 12.1 Å². The smallest absolute Gasteiger partial charge is 0.234 e. The Kier molecular flexibility index (Phi) is 8.79. The van der Waals surface area contributed by atoms with Crippen molar-refractivity contribution in [1.29, 1.82) is 0 Å². The average Bonchev–Trinajstić information content (AvgIpc) is 3.01. The Morgan fingerprint density at radius 1 is 1.62 bits per heavy atom. The van der Waals surface area contributed by atoms with E-state index in [-0.39, 0.29) is 12.3 Å². The molecule has 0 saturated heterocycles.